The largest absolute Gasteiger partial charge is 0.351 e. The molecule has 17 heavy (non-hydrogen) atoms. The maximum Gasteiger partial charge on any atom is 0.267 e. The highest BCUT2D eigenvalue weighted by Gasteiger charge is 2.21. The second-order valence-electron chi connectivity index (χ2n) is 4.36. The zero-order valence-corrected chi connectivity index (χ0v) is 10.8. The van der Waals surface area contributed by atoms with Crippen LogP contribution in [0.15, 0.2) is 5.10 Å². The van der Waals surface area contributed by atoms with E-state index in [4.69, 9.17) is 0 Å². The van der Waals surface area contributed by atoms with Crippen molar-refractivity contribution in [1.29, 1.82) is 0 Å². The molecule has 5 nitrogen and oxygen atoms in total. The Kier molecular flexibility index (Phi) is 5.12. The van der Waals surface area contributed by atoms with E-state index in [1.54, 1.807) is 7.05 Å². The van der Waals surface area contributed by atoms with Gasteiger partial charge in [-0.25, -0.2) is 5.01 Å². The summed E-state index contributed by atoms with van der Waals surface area (Å²) < 4.78 is 0. The minimum absolute atomic E-state index is 0.0402. The quantitative estimate of drug-likeness (QED) is 0.782. The van der Waals surface area contributed by atoms with Crippen LogP contribution in [0, 0.1) is 5.92 Å². The molecule has 1 N–H and O–H groups in total. The molecule has 5 heteroatoms. The average Bonchev–Trinajstić information content (AvgIpc) is 2.33. The van der Waals surface area contributed by atoms with Gasteiger partial charge in [0.25, 0.3) is 5.91 Å². The van der Waals surface area contributed by atoms with Gasteiger partial charge in [0.2, 0.25) is 5.91 Å². The molecule has 0 spiro atoms. The summed E-state index contributed by atoms with van der Waals surface area (Å²) in [5.74, 6) is 0.334. The zero-order valence-electron chi connectivity index (χ0n) is 10.8. The molecule has 0 unspecified atom stereocenters. The van der Waals surface area contributed by atoms with Crippen LogP contribution in [0.4, 0.5) is 0 Å². The summed E-state index contributed by atoms with van der Waals surface area (Å²) in [5, 5.41) is 8.11. The molecule has 0 bridgehead atoms. The van der Waals surface area contributed by atoms with E-state index >= 15 is 0 Å². The minimum atomic E-state index is -0.142. The third-order valence-corrected chi connectivity index (χ3v) is 3.18. The summed E-state index contributed by atoms with van der Waals surface area (Å²) in [7, 11) is 1.58. The van der Waals surface area contributed by atoms with Crippen molar-refractivity contribution in [3.05, 3.63) is 0 Å². The Morgan fingerprint density at radius 2 is 2.06 bits per heavy atom. The van der Waals surface area contributed by atoms with Crippen LogP contribution < -0.4 is 5.32 Å². The molecule has 1 aliphatic heterocycles. The smallest absolute Gasteiger partial charge is 0.267 e. The number of amides is 2. The predicted molar refractivity (Wildman–Crippen MR) is 66.5 cm³/mol. The third-order valence-electron chi connectivity index (χ3n) is 3.18. The molecule has 0 saturated carbocycles. The van der Waals surface area contributed by atoms with Crippen molar-refractivity contribution in [3.63, 3.8) is 0 Å². The van der Waals surface area contributed by atoms with E-state index in [0.29, 0.717) is 31.0 Å². The average molecular weight is 239 g/mol. The number of hydrazone groups is 1. The van der Waals surface area contributed by atoms with Crippen LogP contribution in [-0.4, -0.2) is 36.1 Å². The number of carbonyl (C=O) groups is 2. The molecule has 1 aliphatic rings. The van der Waals surface area contributed by atoms with Crippen molar-refractivity contribution in [2.75, 3.05) is 13.6 Å². The van der Waals surface area contributed by atoms with Gasteiger partial charge in [0, 0.05) is 26.4 Å². The van der Waals surface area contributed by atoms with Crippen molar-refractivity contribution in [3.8, 4) is 0 Å². The predicted octanol–water partition coefficient (Wildman–Crippen LogP) is 1.15. The van der Waals surface area contributed by atoms with Crippen molar-refractivity contribution < 1.29 is 9.59 Å². The molecular formula is C12H21N3O2. The van der Waals surface area contributed by atoms with Crippen molar-refractivity contribution in [2.45, 2.75) is 39.5 Å². The lowest BCUT2D eigenvalue weighted by Crippen LogP contribution is -2.39. The summed E-state index contributed by atoms with van der Waals surface area (Å²) in [4.78, 5) is 23.0. The molecule has 1 heterocycles. The van der Waals surface area contributed by atoms with E-state index in [-0.39, 0.29) is 11.8 Å². The lowest BCUT2D eigenvalue weighted by Gasteiger charge is -2.20. The molecule has 96 valence electrons. The monoisotopic (exact) mass is 239 g/mol. The van der Waals surface area contributed by atoms with Crippen LogP contribution in [0.3, 0.4) is 0 Å². The number of rotatable bonds is 5. The van der Waals surface area contributed by atoms with Gasteiger partial charge in [-0.3, -0.25) is 9.59 Å². The Hall–Kier alpha value is -1.39. The van der Waals surface area contributed by atoms with E-state index in [1.807, 2.05) is 0 Å². The Balaban J connectivity index is 2.48. The summed E-state index contributed by atoms with van der Waals surface area (Å²) in [5.41, 5.74) is 0.457. The van der Waals surface area contributed by atoms with Crippen LogP contribution in [0.2, 0.25) is 0 Å². The van der Waals surface area contributed by atoms with Crippen LogP contribution >= 0.6 is 0 Å². The van der Waals surface area contributed by atoms with Crippen molar-refractivity contribution in [1.82, 2.24) is 10.3 Å². The van der Waals surface area contributed by atoms with E-state index in [1.165, 1.54) is 5.01 Å². The third kappa shape index (κ3) is 3.84. The lowest BCUT2D eigenvalue weighted by atomic mass is 10.0. The molecule has 1 rings (SSSR count). The van der Waals surface area contributed by atoms with Crippen molar-refractivity contribution in [2.24, 2.45) is 11.0 Å². The molecule has 0 saturated heterocycles. The normalized spacial score (nSPS) is 16.1. The van der Waals surface area contributed by atoms with E-state index in [2.05, 4.69) is 24.3 Å². The van der Waals surface area contributed by atoms with Gasteiger partial charge in [-0.2, -0.15) is 5.10 Å². The highest BCUT2D eigenvalue weighted by molar-refractivity contribution is 6.39. The Bertz CT molecular complexity index is 322. The Morgan fingerprint density at radius 1 is 1.41 bits per heavy atom. The van der Waals surface area contributed by atoms with Gasteiger partial charge in [0.1, 0.15) is 5.71 Å². The minimum Gasteiger partial charge on any atom is -0.351 e. The summed E-state index contributed by atoms with van der Waals surface area (Å²) >= 11 is 0. The van der Waals surface area contributed by atoms with E-state index in [0.717, 1.165) is 12.8 Å². The first-order valence-electron chi connectivity index (χ1n) is 6.20. The SMILES string of the molecule is CCC(CC)CNC(=O)C1=NN(C)C(=O)CC1. The molecule has 0 atom stereocenters. The second kappa shape index (κ2) is 6.37. The fourth-order valence-corrected chi connectivity index (χ4v) is 1.75. The van der Waals surface area contributed by atoms with E-state index < -0.39 is 0 Å². The first-order chi connectivity index (χ1) is 8.08. The first-order valence-corrected chi connectivity index (χ1v) is 6.20. The molecule has 0 fully saturated rings. The topological polar surface area (TPSA) is 61.8 Å². The summed E-state index contributed by atoms with van der Waals surface area (Å²) in [6.45, 7) is 4.91. The molecule has 0 radical (unpaired) electrons. The number of hydrogen-bond acceptors (Lipinski definition) is 3. The Labute approximate surface area is 102 Å². The Morgan fingerprint density at radius 3 is 2.59 bits per heavy atom. The highest BCUT2D eigenvalue weighted by Crippen LogP contribution is 2.08. The van der Waals surface area contributed by atoms with Gasteiger partial charge in [0.15, 0.2) is 0 Å². The summed E-state index contributed by atoms with van der Waals surface area (Å²) in [6.07, 6.45) is 2.93. The van der Waals surface area contributed by atoms with Crippen LogP contribution in [0.1, 0.15) is 39.5 Å². The molecule has 0 aromatic heterocycles. The van der Waals surface area contributed by atoms with Crippen LogP contribution in [-0.2, 0) is 9.59 Å². The molecule has 2 amide bonds. The summed E-state index contributed by atoms with van der Waals surface area (Å²) in [6, 6.07) is 0. The number of nitrogens with one attached hydrogen (secondary N) is 1. The molecule has 0 aromatic rings. The van der Waals surface area contributed by atoms with Gasteiger partial charge < -0.3 is 5.32 Å². The maximum absolute atomic E-state index is 11.8. The second-order valence-corrected chi connectivity index (χ2v) is 4.36. The number of carbonyl (C=O) groups excluding carboxylic acids is 2. The van der Waals surface area contributed by atoms with Crippen molar-refractivity contribution >= 4 is 17.5 Å². The first kappa shape index (κ1) is 13.7. The zero-order chi connectivity index (χ0) is 12.8. The maximum atomic E-state index is 11.8. The fourth-order valence-electron chi connectivity index (χ4n) is 1.75. The molecule has 0 aromatic carbocycles. The fraction of sp³-hybridized carbons (Fsp3) is 0.750. The standard InChI is InChI=1S/C12H21N3O2/c1-4-9(5-2)8-13-12(17)10-6-7-11(16)15(3)14-10/h9H,4-8H2,1-3H3,(H,13,17). The van der Waals surface area contributed by atoms with Crippen LogP contribution in [0.25, 0.3) is 0 Å². The number of hydrogen-bond donors (Lipinski definition) is 1. The van der Waals surface area contributed by atoms with Gasteiger partial charge in [0.05, 0.1) is 0 Å². The number of nitrogens with zero attached hydrogens (tertiary/aromatic N) is 2. The molecule has 0 aliphatic carbocycles. The van der Waals surface area contributed by atoms with Gasteiger partial charge in [-0.1, -0.05) is 26.7 Å². The van der Waals surface area contributed by atoms with Gasteiger partial charge >= 0.3 is 0 Å². The molecular weight excluding hydrogens is 218 g/mol. The van der Waals surface area contributed by atoms with E-state index in [9.17, 15) is 9.59 Å². The van der Waals surface area contributed by atoms with Gasteiger partial charge in [-0.05, 0) is 5.92 Å². The van der Waals surface area contributed by atoms with Gasteiger partial charge in [-0.15, -0.1) is 0 Å². The van der Waals surface area contributed by atoms with Crippen LogP contribution in [0.5, 0.6) is 0 Å². The highest BCUT2D eigenvalue weighted by atomic mass is 16.2. The lowest BCUT2D eigenvalue weighted by molar-refractivity contribution is -0.130.